The highest BCUT2D eigenvalue weighted by molar-refractivity contribution is 5.46. The maximum Gasteiger partial charge on any atom is 0.0585 e. The second kappa shape index (κ2) is 7.25. The zero-order chi connectivity index (χ0) is 14.5. The van der Waals surface area contributed by atoms with Crippen LogP contribution in [0.1, 0.15) is 19.3 Å². The second-order valence-corrected chi connectivity index (χ2v) is 6.27. The van der Waals surface area contributed by atoms with Crippen LogP contribution < -0.4 is 10.2 Å². The average molecular weight is 289 g/mol. The van der Waals surface area contributed by atoms with Crippen molar-refractivity contribution in [3.05, 3.63) is 30.3 Å². The van der Waals surface area contributed by atoms with Crippen LogP contribution in [0, 0.1) is 0 Å². The van der Waals surface area contributed by atoms with Crippen LogP contribution in [0.2, 0.25) is 0 Å². The normalized spacial score (nSPS) is 21.5. The molecule has 0 aromatic heterocycles. The Balaban J connectivity index is 1.39. The van der Waals surface area contributed by atoms with Gasteiger partial charge in [-0.3, -0.25) is 4.90 Å². The van der Waals surface area contributed by atoms with Gasteiger partial charge in [-0.1, -0.05) is 18.2 Å². The molecule has 1 aromatic carbocycles. The van der Waals surface area contributed by atoms with Crippen molar-refractivity contribution in [2.45, 2.75) is 31.3 Å². The molecule has 1 saturated carbocycles. The average Bonchev–Trinajstić information content (AvgIpc) is 3.37. The summed E-state index contributed by atoms with van der Waals surface area (Å²) in [5.74, 6) is 0. The van der Waals surface area contributed by atoms with E-state index in [9.17, 15) is 5.11 Å². The van der Waals surface area contributed by atoms with E-state index in [1.54, 1.807) is 0 Å². The third-order valence-corrected chi connectivity index (χ3v) is 4.56. The van der Waals surface area contributed by atoms with Gasteiger partial charge in [0, 0.05) is 44.0 Å². The third-order valence-electron chi connectivity index (χ3n) is 4.56. The summed E-state index contributed by atoms with van der Waals surface area (Å²) in [4.78, 5) is 4.99. The molecule has 0 bridgehead atoms. The first-order valence-electron chi connectivity index (χ1n) is 8.24. The Bertz CT molecular complexity index is 413. The van der Waals surface area contributed by atoms with E-state index in [1.165, 1.54) is 18.5 Å². The highest BCUT2D eigenvalue weighted by Gasteiger charge is 2.25. The number of nitrogens with one attached hydrogen (secondary N) is 1. The van der Waals surface area contributed by atoms with E-state index in [4.69, 9.17) is 0 Å². The number of hydrogen-bond acceptors (Lipinski definition) is 4. The summed E-state index contributed by atoms with van der Waals surface area (Å²) >= 11 is 0. The largest absolute Gasteiger partial charge is 0.395 e. The number of aliphatic hydroxyl groups is 1. The zero-order valence-corrected chi connectivity index (χ0v) is 12.7. The lowest BCUT2D eigenvalue weighted by Crippen LogP contribution is -2.48. The smallest absolute Gasteiger partial charge is 0.0585 e. The number of hydrogen-bond donors (Lipinski definition) is 2. The fourth-order valence-electron chi connectivity index (χ4n) is 3.02. The molecule has 2 fully saturated rings. The summed E-state index contributed by atoms with van der Waals surface area (Å²) in [6, 6.07) is 11.6. The van der Waals surface area contributed by atoms with Crippen LogP contribution in [0.25, 0.3) is 0 Å². The molecule has 2 N–H and O–H groups in total. The quantitative estimate of drug-likeness (QED) is 0.794. The number of piperazine rings is 1. The van der Waals surface area contributed by atoms with Crippen LogP contribution in [-0.2, 0) is 0 Å². The predicted octanol–water partition coefficient (Wildman–Crippen LogP) is 1.31. The van der Waals surface area contributed by atoms with Crippen molar-refractivity contribution < 1.29 is 5.11 Å². The van der Waals surface area contributed by atoms with Gasteiger partial charge in [0.2, 0.25) is 0 Å². The first-order valence-corrected chi connectivity index (χ1v) is 8.24. The van der Waals surface area contributed by atoms with Crippen LogP contribution in [-0.4, -0.2) is 61.4 Å². The molecule has 4 heteroatoms. The van der Waals surface area contributed by atoms with Gasteiger partial charge in [-0.25, -0.2) is 0 Å². The molecule has 2 aliphatic rings. The van der Waals surface area contributed by atoms with Crippen molar-refractivity contribution in [1.29, 1.82) is 0 Å². The van der Waals surface area contributed by atoms with Crippen LogP contribution in [0.3, 0.4) is 0 Å². The molecule has 1 aliphatic heterocycles. The van der Waals surface area contributed by atoms with Gasteiger partial charge >= 0.3 is 0 Å². The SMILES string of the molecule is OCC(CCN1CCN(c2ccccc2)CC1)NC1CC1. The summed E-state index contributed by atoms with van der Waals surface area (Å²) in [6.45, 7) is 5.80. The molecular weight excluding hydrogens is 262 g/mol. The molecule has 3 rings (SSSR count). The van der Waals surface area contributed by atoms with Crippen molar-refractivity contribution in [3.63, 3.8) is 0 Å². The summed E-state index contributed by atoms with van der Waals surface area (Å²) < 4.78 is 0. The Morgan fingerprint density at radius 2 is 1.81 bits per heavy atom. The molecule has 4 nitrogen and oxygen atoms in total. The molecule has 116 valence electrons. The topological polar surface area (TPSA) is 38.7 Å². The standard InChI is InChI=1S/C17H27N3O/c21-14-16(18-15-6-7-15)8-9-19-10-12-20(13-11-19)17-4-2-1-3-5-17/h1-5,15-16,18,21H,6-14H2. The molecule has 21 heavy (non-hydrogen) atoms. The van der Waals surface area contributed by atoms with E-state index in [0.717, 1.165) is 39.1 Å². The molecule has 1 aliphatic carbocycles. The first-order chi connectivity index (χ1) is 10.3. The van der Waals surface area contributed by atoms with Crippen molar-refractivity contribution in [3.8, 4) is 0 Å². The van der Waals surface area contributed by atoms with Crippen LogP contribution >= 0.6 is 0 Å². The number of rotatable bonds is 7. The Labute approximate surface area is 127 Å². The van der Waals surface area contributed by atoms with Gasteiger partial charge in [0.05, 0.1) is 6.61 Å². The Morgan fingerprint density at radius 3 is 2.43 bits per heavy atom. The number of benzene rings is 1. The summed E-state index contributed by atoms with van der Waals surface area (Å²) in [5.41, 5.74) is 1.33. The van der Waals surface area contributed by atoms with Crippen LogP contribution in [0.5, 0.6) is 0 Å². The van der Waals surface area contributed by atoms with E-state index in [1.807, 2.05) is 0 Å². The van der Waals surface area contributed by atoms with Crippen molar-refractivity contribution in [1.82, 2.24) is 10.2 Å². The zero-order valence-electron chi connectivity index (χ0n) is 12.7. The van der Waals surface area contributed by atoms with Gasteiger partial charge < -0.3 is 15.3 Å². The monoisotopic (exact) mass is 289 g/mol. The molecule has 0 spiro atoms. The van der Waals surface area contributed by atoms with Crippen LogP contribution in [0.15, 0.2) is 30.3 Å². The molecular formula is C17H27N3O. The second-order valence-electron chi connectivity index (χ2n) is 6.27. The van der Waals surface area contributed by atoms with E-state index in [2.05, 4.69) is 45.4 Å². The maximum atomic E-state index is 9.43. The Morgan fingerprint density at radius 1 is 1.10 bits per heavy atom. The predicted molar refractivity (Wildman–Crippen MR) is 86.7 cm³/mol. The molecule has 1 saturated heterocycles. The van der Waals surface area contributed by atoms with E-state index < -0.39 is 0 Å². The van der Waals surface area contributed by atoms with Gasteiger partial charge in [0.15, 0.2) is 0 Å². The highest BCUT2D eigenvalue weighted by Crippen LogP contribution is 2.20. The van der Waals surface area contributed by atoms with Crippen molar-refractivity contribution >= 4 is 5.69 Å². The minimum absolute atomic E-state index is 0.264. The van der Waals surface area contributed by atoms with E-state index in [-0.39, 0.29) is 12.6 Å². The van der Waals surface area contributed by atoms with Gasteiger partial charge in [0.25, 0.3) is 0 Å². The molecule has 0 amide bonds. The minimum Gasteiger partial charge on any atom is -0.395 e. The van der Waals surface area contributed by atoms with Gasteiger partial charge in [-0.15, -0.1) is 0 Å². The lowest BCUT2D eigenvalue weighted by atomic mass is 10.2. The van der Waals surface area contributed by atoms with Gasteiger partial charge in [-0.05, 0) is 37.9 Å². The first kappa shape index (κ1) is 14.8. The number of para-hydroxylation sites is 1. The summed E-state index contributed by atoms with van der Waals surface area (Å²) in [6.07, 6.45) is 3.62. The Hall–Kier alpha value is -1.10. The third kappa shape index (κ3) is 4.43. The van der Waals surface area contributed by atoms with Crippen LogP contribution in [0.4, 0.5) is 5.69 Å². The number of nitrogens with zero attached hydrogens (tertiary/aromatic N) is 2. The van der Waals surface area contributed by atoms with Crippen molar-refractivity contribution in [2.75, 3.05) is 44.2 Å². The summed E-state index contributed by atoms with van der Waals surface area (Å²) in [7, 11) is 0. The lowest BCUT2D eigenvalue weighted by molar-refractivity contribution is 0.199. The fraction of sp³-hybridized carbons (Fsp3) is 0.647. The molecule has 0 radical (unpaired) electrons. The molecule has 1 aromatic rings. The maximum absolute atomic E-state index is 9.43. The molecule has 1 heterocycles. The highest BCUT2D eigenvalue weighted by atomic mass is 16.3. The van der Waals surface area contributed by atoms with E-state index >= 15 is 0 Å². The number of anilines is 1. The van der Waals surface area contributed by atoms with Crippen molar-refractivity contribution in [2.24, 2.45) is 0 Å². The van der Waals surface area contributed by atoms with Gasteiger partial charge in [0.1, 0.15) is 0 Å². The summed E-state index contributed by atoms with van der Waals surface area (Å²) in [5, 5.41) is 13.0. The minimum atomic E-state index is 0.264. The molecule has 1 atom stereocenters. The Kier molecular flexibility index (Phi) is 5.12. The number of aliphatic hydroxyl groups excluding tert-OH is 1. The van der Waals surface area contributed by atoms with E-state index in [0.29, 0.717) is 6.04 Å². The van der Waals surface area contributed by atoms with Gasteiger partial charge in [-0.2, -0.15) is 0 Å². The lowest BCUT2D eigenvalue weighted by Gasteiger charge is -2.36. The fourth-order valence-corrected chi connectivity index (χ4v) is 3.02. The molecule has 1 unspecified atom stereocenters.